The molecular weight excluding hydrogens is 226 g/mol. The standard InChI is InChI=1S/C14H24N3O/c1-3-14-16(9-6-5-8-15)11-12-17(14)10-7-13-18-4-2/h11-12H,3-7,9-10,13H2,1-2H3/q+1. The molecule has 0 atom stereocenters. The number of aromatic nitrogens is 2. The van der Waals surface area contributed by atoms with E-state index in [1.54, 1.807) is 0 Å². The van der Waals surface area contributed by atoms with Crippen LogP contribution in [0.3, 0.4) is 0 Å². The number of hydrogen-bond donors (Lipinski definition) is 0. The van der Waals surface area contributed by atoms with E-state index in [4.69, 9.17) is 10.00 Å². The Balaban J connectivity index is 2.50. The highest BCUT2D eigenvalue weighted by Gasteiger charge is 2.14. The van der Waals surface area contributed by atoms with Crippen LogP contribution in [0, 0.1) is 11.3 Å². The van der Waals surface area contributed by atoms with Crippen LogP contribution in [0.5, 0.6) is 0 Å². The predicted octanol–water partition coefficient (Wildman–Crippen LogP) is 2.07. The van der Waals surface area contributed by atoms with Gasteiger partial charge in [-0.25, -0.2) is 9.13 Å². The molecule has 0 bridgehead atoms. The zero-order valence-corrected chi connectivity index (χ0v) is 11.6. The number of unbranched alkanes of at least 4 members (excludes halogenated alkanes) is 1. The Bertz CT molecular complexity index is 379. The fourth-order valence-corrected chi connectivity index (χ4v) is 2.12. The lowest BCUT2D eigenvalue weighted by Gasteiger charge is -2.03. The average Bonchev–Trinajstić information content (AvgIpc) is 2.77. The zero-order chi connectivity index (χ0) is 13.2. The van der Waals surface area contributed by atoms with Crippen LogP contribution < -0.4 is 4.57 Å². The van der Waals surface area contributed by atoms with E-state index in [1.807, 2.05) is 6.92 Å². The lowest BCUT2D eigenvalue weighted by atomic mass is 10.3. The smallest absolute Gasteiger partial charge is 0.256 e. The van der Waals surface area contributed by atoms with Crippen molar-refractivity contribution >= 4 is 0 Å². The van der Waals surface area contributed by atoms with Gasteiger partial charge in [0.15, 0.2) is 0 Å². The molecule has 0 amide bonds. The van der Waals surface area contributed by atoms with Crippen molar-refractivity contribution < 1.29 is 9.30 Å². The average molecular weight is 250 g/mol. The molecule has 1 aromatic rings. The molecule has 1 heterocycles. The second-order valence-corrected chi connectivity index (χ2v) is 4.27. The molecule has 0 aliphatic rings. The molecule has 0 saturated carbocycles. The van der Waals surface area contributed by atoms with Crippen LogP contribution in [0.1, 0.15) is 38.9 Å². The summed E-state index contributed by atoms with van der Waals surface area (Å²) in [5, 5.41) is 8.56. The van der Waals surface area contributed by atoms with Gasteiger partial charge in [0.1, 0.15) is 12.4 Å². The third kappa shape index (κ3) is 4.50. The summed E-state index contributed by atoms with van der Waals surface area (Å²) >= 11 is 0. The minimum atomic E-state index is 0.631. The first-order valence-corrected chi connectivity index (χ1v) is 6.85. The molecule has 0 unspecified atom stereocenters. The van der Waals surface area contributed by atoms with Gasteiger partial charge in [0.25, 0.3) is 5.82 Å². The fraction of sp³-hybridized carbons (Fsp3) is 0.714. The molecule has 18 heavy (non-hydrogen) atoms. The van der Waals surface area contributed by atoms with E-state index in [9.17, 15) is 0 Å². The van der Waals surface area contributed by atoms with Crippen LogP contribution in [0.15, 0.2) is 12.4 Å². The summed E-state index contributed by atoms with van der Waals surface area (Å²) in [6.07, 6.45) is 7.89. The highest BCUT2D eigenvalue weighted by Crippen LogP contribution is 2.01. The Hall–Kier alpha value is -1.34. The molecule has 4 nitrogen and oxygen atoms in total. The lowest BCUT2D eigenvalue weighted by molar-refractivity contribution is -0.704. The summed E-state index contributed by atoms with van der Waals surface area (Å²) in [6, 6.07) is 2.19. The minimum absolute atomic E-state index is 0.631. The summed E-state index contributed by atoms with van der Waals surface area (Å²) in [4.78, 5) is 0. The highest BCUT2D eigenvalue weighted by molar-refractivity contribution is 4.83. The first kappa shape index (κ1) is 14.7. The monoisotopic (exact) mass is 250 g/mol. The van der Waals surface area contributed by atoms with Gasteiger partial charge in [-0.3, -0.25) is 0 Å². The summed E-state index contributed by atoms with van der Waals surface area (Å²) in [6.45, 7) is 7.77. The molecule has 0 radical (unpaired) electrons. The second-order valence-electron chi connectivity index (χ2n) is 4.27. The maximum absolute atomic E-state index is 8.56. The van der Waals surface area contributed by atoms with Gasteiger partial charge >= 0.3 is 0 Å². The van der Waals surface area contributed by atoms with Crippen molar-refractivity contribution in [3.05, 3.63) is 18.2 Å². The number of rotatable bonds is 9. The third-order valence-electron chi connectivity index (χ3n) is 2.99. The Morgan fingerprint density at radius 1 is 1.39 bits per heavy atom. The number of hydrogen-bond acceptors (Lipinski definition) is 2. The topological polar surface area (TPSA) is 41.8 Å². The quantitative estimate of drug-likeness (QED) is 0.497. The largest absolute Gasteiger partial charge is 0.382 e. The second kappa shape index (κ2) is 8.71. The van der Waals surface area contributed by atoms with E-state index >= 15 is 0 Å². The molecule has 0 aliphatic heterocycles. The van der Waals surface area contributed by atoms with Gasteiger partial charge in [0.05, 0.1) is 25.8 Å². The van der Waals surface area contributed by atoms with Gasteiger partial charge in [-0.15, -0.1) is 0 Å². The summed E-state index contributed by atoms with van der Waals surface area (Å²) in [5.41, 5.74) is 0. The van der Waals surface area contributed by atoms with E-state index in [-0.39, 0.29) is 0 Å². The normalized spacial score (nSPS) is 10.5. The van der Waals surface area contributed by atoms with Crippen LogP contribution in [0.25, 0.3) is 0 Å². The van der Waals surface area contributed by atoms with Gasteiger partial charge < -0.3 is 4.74 Å². The molecular formula is C14H24N3O+. The van der Waals surface area contributed by atoms with Crippen molar-refractivity contribution in [1.29, 1.82) is 5.26 Å². The van der Waals surface area contributed by atoms with Crippen molar-refractivity contribution in [2.45, 2.75) is 52.6 Å². The van der Waals surface area contributed by atoms with E-state index in [1.165, 1.54) is 5.82 Å². The van der Waals surface area contributed by atoms with Crippen molar-refractivity contribution in [3.63, 3.8) is 0 Å². The van der Waals surface area contributed by atoms with Gasteiger partial charge in [-0.2, -0.15) is 5.26 Å². The van der Waals surface area contributed by atoms with Crippen molar-refractivity contribution in [2.75, 3.05) is 13.2 Å². The Morgan fingerprint density at radius 3 is 2.89 bits per heavy atom. The van der Waals surface area contributed by atoms with Crippen LogP contribution in [0.4, 0.5) is 0 Å². The van der Waals surface area contributed by atoms with Gasteiger partial charge in [-0.05, 0) is 13.3 Å². The maximum Gasteiger partial charge on any atom is 0.256 e. The summed E-state index contributed by atoms with van der Waals surface area (Å²) in [5.74, 6) is 1.34. The van der Waals surface area contributed by atoms with E-state index in [0.29, 0.717) is 6.42 Å². The van der Waals surface area contributed by atoms with E-state index in [0.717, 1.165) is 45.6 Å². The number of nitrogens with zero attached hydrogens (tertiary/aromatic N) is 3. The van der Waals surface area contributed by atoms with Gasteiger partial charge in [0, 0.05) is 25.9 Å². The summed E-state index contributed by atoms with van der Waals surface area (Å²) in [7, 11) is 0. The van der Waals surface area contributed by atoms with E-state index in [2.05, 4.69) is 34.5 Å². The van der Waals surface area contributed by atoms with Crippen LogP contribution in [-0.2, 0) is 24.2 Å². The summed E-state index contributed by atoms with van der Waals surface area (Å²) < 4.78 is 9.92. The molecule has 0 fully saturated rings. The first-order valence-electron chi connectivity index (χ1n) is 6.85. The molecule has 4 heteroatoms. The SMILES string of the molecule is CCOCCC[n+]1ccn(CCCC#N)c1CC. The van der Waals surface area contributed by atoms with E-state index < -0.39 is 0 Å². The van der Waals surface area contributed by atoms with Crippen LogP contribution >= 0.6 is 0 Å². The number of ether oxygens (including phenoxy) is 1. The number of aryl methyl sites for hydroxylation is 2. The molecule has 1 aromatic heterocycles. The Labute approximate surface area is 110 Å². The van der Waals surface area contributed by atoms with Crippen LogP contribution in [-0.4, -0.2) is 17.8 Å². The number of nitriles is 1. The highest BCUT2D eigenvalue weighted by atomic mass is 16.5. The molecule has 0 spiro atoms. The molecule has 1 rings (SSSR count). The van der Waals surface area contributed by atoms with Crippen LogP contribution in [0.2, 0.25) is 0 Å². The molecule has 0 aromatic carbocycles. The molecule has 0 aliphatic carbocycles. The molecule has 0 saturated heterocycles. The van der Waals surface area contributed by atoms with Crippen molar-refractivity contribution in [2.24, 2.45) is 0 Å². The minimum Gasteiger partial charge on any atom is -0.382 e. The molecule has 0 N–H and O–H groups in total. The number of imidazole rings is 1. The first-order chi connectivity index (χ1) is 8.83. The van der Waals surface area contributed by atoms with Crippen molar-refractivity contribution in [1.82, 2.24) is 4.57 Å². The zero-order valence-electron chi connectivity index (χ0n) is 11.6. The maximum atomic E-state index is 8.56. The predicted molar refractivity (Wildman–Crippen MR) is 70.0 cm³/mol. The lowest BCUT2D eigenvalue weighted by Crippen LogP contribution is -2.37. The molecule has 100 valence electrons. The van der Waals surface area contributed by atoms with Gasteiger partial charge in [-0.1, -0.05) is 6.92 Å². The van der Waals surface area contributed by atoms with Gasteiger partial charge in [0.2, 0.25) is 0 Å². The third-order valence-corrected chi connectivity index (χ3v) is 2.99. The Morgan fingerprint density at radius 2 is 2.22 bits per heavy atom. The fourth-order valence-electron chi connectivity index (χ4n) is 2.12. The Kier molecular flexibility index (Phi) is 7.12. The van der Waals surface area contributed by atoms with Crippen molar-refractivity contribution in [3.8, 4) is 6.07 Å².